The van der Waals surface area contributed by atoms with E-state index in [-0.39, 0.29) is 17.6 Å². The highest BCUT2D eigenvalue weighted by Crippen LogP contribution is 2.20. The minimum absolute atomic E-state index is 0.155. The van der Waals surface area contributed by atoms with Gasteiger partial charge in [-0.05, 0) is 26.7 Å². The number of carbonyl (C=O) groups is 1. The Bertz CT molecular complexity index is 545. The molecule has 0 radical (unpaired) electrons. The predicted molar refractivity (Wildman–Crippen MR) is 64.5 cm³/mol. The van der Waals surface area contributed by atoms with Crippen LogP contribution in [0.5, 0.6) is 0 Å². The quantitative estimate of drug-likeness (QED) is 0.846. The minimum Gasteiger partial charge on any atom is -0.360 e. The van der Waals surface area contributed by atoms with Crippen molar-refractivity contribution in [2.45, 2.75) is 43.7 Å². The first-order chi connectivity index (χ1) is 8.38. The van der Waals surface area contributed by atoms with Crippen LogP contribution < -0.4 is 5.32 Å². The van der Waals surface area contributed by atoms with Gasteiger partial charge >= 0.3 is 0 Å². The van der Waals surface area contributed by atoms with Crippen molar-refractivity contribution in [3.05, 3.63) is 17.5 Å². The van der Waals surface area contributed by atoms with Crippen molar-refractivity contribution in [2.75, 3.05) is 0 Å². The third kappa shape index (κ3) is 3.10. The molecule has 1 aromatic rings. The Hall–Kier alpha value is -1.37. The molecule has 0 aliphatic heterocycles. The number of hydrogen-bond donors (Lipinski definition) is 1. The Labute approximate surface area is 106 Å². The standard InChI is InChI=1S/C11H16N2O4S/c1-7-5-10(17-13-7)6-18(15,16)8(2)11(14)12-9-3-4-9/h5,8-9H,3-4,6H2,1-2H3,(H,12,14)/t8-/m0/s1. The topological polar surface area (TPSA) is 89.3 Å². The Balaban J connectivity index is 2.02. The van der Waals surface area contributed by atoms with Gasteiger partial charge in [0.1, 0.15) is 11.0 Å². The third-order valence-corrected chi connectivity index (χ3v) is 4.83. The van der Waals surface area contributed by atoms with Crippen LogP contribution in [0.3, 0.4) is 0 Å². The average molecular weight is 272 g/mol. The molecule has 1 aromatic heterocycles. The molecule has 1 N–H and O–H groups in total. The van der Waals surface area contributed by atoms with Crippen LogP contribution in [-0.2, 0) is 20.4 Å². The SMILES string of the molecule is Cc1cc(CS(=O)(=O)[C@@H](C)C(=O)NC2CC2)on1. The van der Waals surface area contributed by atoms with Gasteiger partial charge in [0.05, 0.1) is 5.69 Å². The number of hydrogen-bond acceptors (Lipinski definition) is 5. The zero-order chi connectivity index (χ0) is 13.3. The maximum Gasteiger partial charge on any atom is 0.238 e. The third-order valence-electron chi connectivity index (χ3n) is 2.85. The van der Waals surface area contributed by atoms with Gasteiger partial charge in [-0.3, -0.25) is 4.79 Å². The molecule has 1 amide bonds. The number of sulfone groups is 1. The summed E-state index contributed by atoms with van der Waals surface area (Å²) in [4.78, 5) is 11.7. The lowest BCUT2D eigenvalue weighted by molar-refractivity contribution is -0.120. The van der Waals surface area contributed by atoms with Crippen molar-refractivity contribution in [1.29, 1.82) is 0 Å². The van der Waals surface area contributed by atoms with E-state index in [4.69, 9.17) is 4.52 Å². The van der Waals surface area contributed by atoms with E-state index < -0.39 is 21.0 Å². The van der Waals surface area contributed by atoms with E-state index in [0.29, 0.717) is 5.69 Å². The molecule has 0 saturated heterocycles. The number of aryl methyl sites for hydroxylation is 1. The summed E-state index contributed by atoms with van der Waals surface area (Å²) >= 11 is 0. The van der Waals surface area contributed by atoms with Gasteiger partial charge in [0.15, 0.2) is 15.6 Å². The molecule has 0 spiro atoms. The number of rotatable bonds is 5. The molecular weight excluding hydrogens is 256 g/mol. The fourth-order valence-electron chi connectivity index (χ4n) is 1.52. The van der Waals surface area contributed by atoms with Crippen molar-refractivity contribution in [2.24, 2.45) is 0 Å². The first-order valence-corrected chi connectivity index (χ1v) is 7.54. The second kappa shape index (κ2) is 4.72. The van der Waals surface area contributed by atoms with Crippen LogP contribution in [0.25, 0.3) is 0 Å². The number of nitrogens with one attached hydrogen (secondary N) is 1. The monoisotopic (exact) mass is 272 g/mol. The summed E-state index contributed by atoms with van der Waals surface area (Å²) in [5, 5.41) is 5.24. The molecule has 6 nitrogen and oxygen atoms in total. The van der Waals surface area contributed by atoms with Crippen molar-refractivity contribution in [3.63, 3.8) is 0 Å². The molecule has 1 saturated carbocycles. The Morgan fingerprint density at radius 2 is 2.28 bits per heavy atom. The Morgan fingerprint density at radius 1 is 1.61 bits per heavy atom. The summed E-state index contributed by atoms with van der Waals surface area (Å²) in [6, 6.07) is 1.71. The van der Waals surface area contributed by atoms with Crippen LogP contribution >= 0.6 is 0 Å². The lowest BCUT2D eigenvalue weighted by Gasteiger charge is -2.11. The van der Waals surface area contributed by atoms with E-state index in [2.05, 4.69) is 10.5 Å². The molecule has 2 rings (SSSR count). The molecule has 1 aliphatic carbocycles. The van der Waals surface area contributed by atoms with Crippen LogP contribution in [0.2, 0.25) is 0 Å². The highest BCUT2D eigenvalue weighted by molar-refractivity contribution is 7.92. The highest BCUT2D eigenvalue weighted by atomic mass is 32.2. The van der Waals surface area contributed by atoms with Gasteiger partial charge in [-0.1, -0.05) is 5.16 Å². The van der Waals surface area contributed by atoms with Crippen molar-refractivity contribution in [1.82, 2.24) is 10.5 Å². The highest BCUT2D eigenvalue weighted by Gasteiger charge is 2.33. The number of nitrogens with zero attached hydrogens (tertiary/aromatic N) is 1. The lowest BCUT2D eigenvalue weighted by Crippen LogP contribution is -2.39. The van der Waals surface area contributed by atoms with Crippen molar-refractivity contribution in [3.8, 4) is 0 Å². The molecule has 0 unspecified atom stereocenters. The normalized spacial score (nSPS) is 17.4. The molecule has 18 heavy (non-hydrogen) atoms. The van der Waals surface area contributed by atoms with Crippen LogP contribution in [0, 0.1) is 6.92 Å². The zero-order valence-electron chi connectivity index (χ0n) is 10.3. The van der Waals surface area contributed by atoms with Crippen LogP contribution in [0.15, 0.2) is 10.6 Å². The van der Waals surface area contributed by atoms with Gasteiger partial charge in [-0.25, -0.2) is 8.42 Å². The van der Waals surface area contributed by atoms with Gasteiger partial charge in [0.25, 0.3) is 0 Å². The molecule has 1 fully saturated rings. The molecular formula is C11H16N2O4S. The Kier molecular flexibility index (Phi) is 3.43. The number of amides is 1. The summed E-state index contributed by atoms with van der Waals surface area (Å²) in [5.41, 5.74) is 0.621. The van der Waals surface area contributed by atoms with Crippen LogP contribution in [-0.4, -0.2) is 30.8 Å². The molecule has 100 valence electrons. The number of aromatic nitrogens is 1. The van der Waals surface area contributed by atoms with Gasteiger partial charge in [-0.2, -0.15) is 0 Å². The maximum atomic E-state index is 12.0. The van der Waals surface area contributed by atoms with E-state index >= 15 is 0 Å². The van der Waals surface area contributed by atoms with Gasteiger partial charge in [-0.15, -0.1) is 0 Å². The molecule has 7 heteroatoms. The molecule has 1 aliphatic rings. The van der Waals surface area contributed by atoms with Gasteiger partial charge < -0.3 is 9.84 Å². The second-order valence-electron chi connectivity index (χ2n) is 4.67. The van der Waals surface area contributed by atoms with E-state index in [1.54, 1.807) is 13.0 Å². The zero-order valence-corrected chi connectivity index (χ0v) is 11.2. The van der Waals surface area contributed by atoms with E-state index in [1.165, 1.54) is 6.92 Å². The molecule has 1 heterocycles. The van der Waals surface area contributed by atoms with Crippen molar-refractivity contribution < 1.29 is 17.7 Å². The summed E-state index contributed by atoms with van der Waals surface area (Å²) in [6.07, 6.45) is 1.86. The lowest BCUT2D eigenvalue weighted by atomic mass is 10.4. The van der Waals surface area contributed by atoms with E-state index in [0.717, 1.165) is 12.8 Å². The first-order valence-electron chi connectivity index (χ1n) is 5.82. The fourth-order valence-corrected chi connectivity index (χ4v) is 2.69. The average Bonchev–Trinajstić information content (AvgIpc) is 3.00. The predicted octanol–water partition coefficient (Wildman–Crippen LogP) is 0.565. The van der Waals surface area contributed by atoms with E-state index in [9.17, 15) is 13.2 Å². The molecule has 0 bridgehead atoms. The van der Waals surface area contributed by atoms with Crippen molar-refractivity contribution >= 4 is 15.7 Å². The summed E-state index contributed by atoms with van der Waals surface area (Å²) in [5.74, 6) is -0.472. The molecule has 0 aromatic carbocycles. The first kappa shape index (κ1) is 13.1. The minimum atomic E-state index is -3.56. The largest absolute Gasteiger partial charge is 0.360 e. The Morgan fingerprint density at radius 3 is 2.78 bits per heavy atom. The fraction of sp³-hybridized carbons (Fsp3) is 0.636. The van der Waals surface area contributed by atoms with Gasteiger partial charge in [0.2, 0.25) is 5.91 Å². The molecule has 1 atom stereocenters. The maximum absolute atomic E-state index is 12.0. The summed E-state index contributed by atoms with van der Waals surface area (Å²) in [7, 11) is -3.56. The van der Waals surface area contributed by atoms with Gasteiger partial charge in [0, 0.05) is 12.1 Å². The van der Waals surface area contributed by atoms with E-state index in [1.807, 2.05) is 0 Å². The van der Waals surface area contributed by atoms with Crippen LogP contribution in [0.1, 0.15) is 31.2 Å². The number of carbonyl (C=O) groups excluding carboxylic acids is 1. The summed E-state index contributed by atoms with van der Waals surface area (Å²) < 4.78 is 28.9. The summed E-state index contributed by atoms with van der Waals surface area (Å²) in [6.45, 7) is 3.11. The second-order valence-corrected chi connectivity index (χ2v) is 6.99. The smallest absolute Gasteiger partial charge is 0.238 e. The van der Waals surface area contributed by atoms with Crippen LogP contribution in [0.4, 0.5) is 0 Å².